The molecule has 1 aromatic rings. The first kappa shape index (κ1) is 8.43. The molecule has 0 amide bonds. The SMILES string of the molecule is N#Cc1nccnc1OCCN. The monoisotopic (exact) mass is 164 g/mol. The molecule has 12 heavy (non-hydrogen) atoms. The molecule has 62 valence electrons. The number of nitrogens with zero attached hydrogens (tertiary/aromatic N) is 3. The smallest absolute Gasteiger partial charge is 0.251 e. The van der Waals surface area contributed by atoms with Crippen molar-refractivity contribution in [2.45, 2.75) is 0 Å². The zero-order valence-electron chi connectivity index (χ0n) is 6.40. The van der Waals surface area contributed by atoms with E-state index < -0.39 is 0 Å². The molecule has 0 aromatic carbocycles. The molecule has 0 aliphatic carbocycles. The van der Waals surface area contributed by atoms with Crippen LogP contribution in [0.1, 0.15) is 5.69 Å². The predicted molar refractivity (Wildman–Crippen MR) is 41.3 cm³/mol. The Hall–Kier alpha value is -1.67. The molecule has 1 rings (SSSR count). The molecule has 0 saturated heterocycles. The van der Waals surface area contributed by atoms with E-state index in [0.717, 1.165) is 0 Å². The Morgan fingerprint density at radius 3 is 2.92 bits per heavy atom. The lowest BCUT2D eigenvalue weighted by molar-refractivity contribution is 0.313. The Labute approximate surface area is 69.8 Å². The van der Waals surface area contributed by atoms with Crippen molar-refractivity contribution in [1.29, 1.82) is 5.26 Å². The highest BCUT2D eigenvalue weighted by molar-refractivity contribution is 5.29. The summed E-state index contributed by atoms with van der Waals surface area (Å²) in [6, 6.07) is 1.87. The summed E-state index contributed by atoms with van der Waals surface area (Å²) in [6.45, 7) is 0.731. The van der Waals surface area contributed by atoms with Crippen LogP contribution in [0.25, 0.3) is 0 Å². The molecule has 0 aliphatic heterocycles. The third-order valence-corrected chi connectivity index (χ3v) is 1.13. The normalized spacial score (nSPS) is 9.00. The van der Waals surface area contributed by atoms with E-state index in [1.165, 1.54) is 12.4 Å². The molecule has 0 fully saturated rings. The third-order valence-electron chi connectivity index (χ3n) is 1.13. The highest BCUT2D eigenvalue weighted by Crippen LogP contribution is 2.08. The van der Waals surface area contributed by atoms with Crippen LogP contribution in [-0.4, -0.2) is 23.1 Å². The molecular formula is C7H8N4O. The summed E-state index contributed by atoms with van der Waals surface area (Å²) in [6.07, 6.45) is 2.90. The second-order valence-corrected chi connectivity index (χ2v) is 1.96. The predicted octanol–water partition coefficient (Wildman–Crippen LogP) is -0.314. The van der Waals surface area contributed by atoms with Crippen LogP contribution in [-0.2, 0) is 0 Å². The van der Waals surface area contributed by atoms with Crippen molar-refractivity contribution in [3.05, 3.63) is 18.1 Å². The summed E-state index contributed by atoms with van der Waals surface area (Å²) in [4.78, 5) is 7.58. The minimum atomic E-state index is 0.186. The number of aromatic nitrogens is 2. The molecule has 0 bridgehead atoms. The molecule has 1 heterocycles. The fourth-order valence-corrected chi connectivity index (χ4v) is 0.663. The van der Waals surface area contributed by atoms with Crippen molar-refractivity contribution < 1.29 is 4.74 Å². The van der Waals surface area contributed by atoms with Crippen molar-refractivity contribution in [3.8, 4) is 11.9 Å². The van der Waals surface area contributed by atoms with E-state index in [1.807, 2.05) is 6.07 Å². The summed E-state index contributed by atoms with van der Waals surface area (Å²) in [5.41, 5.74) is 5.40. The van der Waals surface area contributed by atoms with Gasteiger partial charge in [0.15, 0.2) is 0 Å². The number of hydrogen-bond acceptors (Lipinski definition) is 5. The highest BCUT2D eigenvalue weighted by atomic mass is 16.5. The zero-order chi connectivity index (χ0) is 8.81. The molecule has 5 nitrogen and oxygen atoms in total. The van der Waals surface area contributed by atoms with Crippen LogP contribution < -0.4 is 10.5 Å². The Bertz CT molecular complexity index is 294. The van der Waals surface area contributed by atoms with Crippen LogP contribution in [0.4, 0.5) is 0 Å². The fraction of sp³-hybridized carbons (Fsp3) is 0.286. The van der Waals surface area contributed by atoms with Gasteiger partial charge in [-0.15, -0.1) is 0 Å². The summed E-state index contributed by atoms with van der Waals surface area (Å²) in [5.74, 6) is 0.241. The van der Waals surface area contributed by atoms with E-state index in [-0.39, 0.29) is 11.6 Å². The summed E-state index contributed by atoms with van der Waals surface area (Å²) < 4.78 is 5.06. The van der Waals surface area contributed by atoms with Gasteiger partial charge in [-0.3, -0.25) is 0 Å². The van der Waals surface area contributed by atoms with E-state index in [0.29, 0.717) is 13.2 Å². The lowest BCUT2D eigenvalue weighted by Gasteiger charge is -2.02. The highest BCUT2D eigenvalue weighted by Gasteiger charge is 2.03. The first-order valence-corrected chi connectivity index (χ1v) is 3.42. The molecule has 1 aromatic heterocycles. The maximum absolute atomic E-state index is 8.55. The van der Waals surface area contributed by atoms with Crippen LogP contribution >= 0.6 is 0 Å². The third kappa shape index (κ3) is 1.90. The molecule has 0 saturated carbocycles. The van der Waals surface area contributed by atoms with Crippen LogP contribution in [0, 0.1) is 11.3 Å². The molecule has 0 atom stereocenters. The van der Waals surface area contributed by atoms with Crippen molar-refractivity contribution in [2.75, 3.05) is 13.2 Å². The minimum Gasteiger partial charge on any atom is -0.474 e. The Morgan fingerprint density at radius 1 is 1.50 bits per heavy atom. The van der Waals surface area contributed by atoms with Crippen molar-refractivity contribution in [2.24, 2.45) is 5.73 Å². The van der Waals surface area contributed by atoms with Gasteiger partial charge in [-0.25, -0.2) is 9.97 Å². The first-order valence-electron chi connectivity index (χ1n) is 3.42. The van der Waals surface area contributed by atoms with E-state index in [9.17, 15) is 0 Å². The van der Waals surface area contributed by atoms with Crippen molar-refractivity contribution >= 4 is 0 Å². The number of hydrogen-bond donors (Lipinski definition) is 1. The Kier molecular flexibility index (Phi) is 2.99. The summed E-state index contributed by atoms with van der Waals surface area (Å²) in [7, 11) is 0. The van der Waals surface area contributed by atoms with Crippen LogP contribution in [0.2, 0.25) is 0 Å². The van der Waals surface area contributed by atoms with Crippen LogP contribution in [0.5, 0.6) is 5.88 Å². The second-order valence-electron chi connectivity index (χ2n) is 1.96. The summed E-state index contributed by atoms with van der Waals surface area (Å²) in [5, 5.41) is 8.55. The second kappa shape index (κ2) is 4.26. The molecule has 0 spiro atoms. The topological polar surface area (TPSA) is 84.8 Å². The largest absolute Gasteiger partial charge is 0.474 e. The molecule has 2 N–H and O–H groups in total. The van der Waals surface area contributed by atoms with Crippen molar-refractivity contribution in [3.63, 3.8) is 0 Å². The van der Waals surface area contributed by atoms with Gasteiger partial charge in [-0.1, -0.05) is 0 Å². The van der Waals surface area contributed by atoms with Gasteiger partial charge >= 0.3 is 0 Å². The Balaban J connectivity index is 2.77. The minimum absolute atomic E-state index is 0.186. The van der Waals surface area contributed by atoms with E-state index in [4.69, 9.17) is 15.7 Å². The molecule has 0 radical (unpaired) electrons. The van der Waals surface area contributed by atoms with Crippen LogP contribution in [0.3, 0.4) is 0 Å². The van der Waals surface area contributed by atoms with E-state index >= 15 is 0 Å². The maximum atomic E-state index is 8.55. The zero-order valence-corrected chi connectivity index (χ0v) is 6.40. The quantitative estimate of drug-likeness (QED) is 0.662. The van der Waals surface area contributed by atoms with Crippen molar-refractivity contribution in [1.82, 2.24) is 9.97 Å². The number of nitriles is 1. The first-order chi connectivity index (χ1) is 5.88. The standard InChI is InChI=1S/C7H8N4O/c8-1-4-12-7-6(5-9)10-2-3-11-7/h2-3H,1,4,8H2. The Morgan fingerprint density at radius 2 is 2.25 bits per heavy atom. The lowest BCUT2D eigenvalue weighted by Crippen LogP contribution is -2.12. The van der Waals surface area contributed by atoms with Gasteiger partial charge in [0, 0.05) is 18.9 Å². The van der Waals surface area contributed by atoms with Gasteiger partial charge < -0.3 is 10.5 Å². The van der Waals surface area contributed by atoms with Gasteiger partial charge in [-0.2, -0.15) is 5.26 Å². The van der Waals surface area contributed by atoms with Gasteiger partial charge in [-0.05, 0) is 0 Å². The molecule has 5 heteroatoms. The van der Waals surface area contributed by atoms with Gasteiger partial charge in [0.05, 0.1) is 0 Å². The van der Waals surface area contributed by atoms with Gasteiger partial charge in [0.25, 0.3) is 5.88 Å². The van der Waals surface area contributed by atoms with Crippen LogP contribution in [0.15, 0.2) is 12.4 Å². The number of ether oxygens (including phenoxy) is 1. The average Bonchev–Trinajstić information content (AvgIpc) is 2.15. The number of nitrogens with two attached hydrogens (primary N) is 1. The lowest BCUT2D eigenvalue weighted by atomic mass is 10.5. The maximum Gasteiger partial charge on any atom is 0.251 e. The molecule has 0 unspecified atom stereocenters. The van der Waals surface area contributed by atoms with Gasteiger partial charge in [0.1, 0.15) is 12.7 Å². The van der Waals surface area contributed by atoms with E-state index in [1.54, 1.807) is 0 Å². The fourth-order valence-electron chi connectivity index (χ4n) is 0.663. The molecular weight excluding hydrogens is 156 g/mol. The summed E-state index contributed by atoms with van der Waals surface area (Å²) >= 11 is 0. The average molecular weight is 164 g/mol. The number of rotatable bonds is 3. The molecule has 0 aliphatic rings. The van der Waals surface area contributed by atoms with Gasteiger partial charge in [0.2, 0.25) is 5.69 Å². The van der Waals surface area contributed by atoms with E-state index in [2.05, 4.69) is 9.97 Å².